The van der Waals surface area contributed by atoms with Gasteiger partial charge in [0.15, 0.2) is 0 Å². The smallest absolute Gasteiger partial charge is 0.0706 e. The number of ether oxygens (including phenoxy) is 1. The zero-order chi connectivity index (χ0) is 18.1. The van der Waals surface area contributed by atoms with Crippen LogP contribution in [0.25, 0.3) is 11.3 Å². The summed E-state index contributed by atoms with van der Waals surface area (Å²) < 4.78 is 5.71. The zero-order valence-electron chi connectivity index (χ0n) is 15.7. The van der Waals surface area contributed by atoms with Gasteiger partial charge in [-0.05, 0) is 45.2 Å². The molecule has 0 amide bonds. The van der Waals surface area contributed by atoms with Gasteiger partial charge in [-0.2, -0.15) is 5.10 Å². The molecule has 5 nitrogen and oxygen atoms in total. The number of nitrogens with one attached hydrogen (secondary N) is 1. The largest absolute Gasteiger partial charge is 0.390 e. The second-order valence-electron chi connectivity index (χ2n) is 8.10. The zero-order valence-corrected chi connectivity index (χ0v) is 15.7. The van der Waals surface area contributed by atoms with Crippen LogP contribution in [0.1, 0.15) is 37.3 Å². The topological polar surface area (TPSA) is 61.4 Å². The van der Waals surface area contributed by atoms with E-state index in [4.69, 9.17) is 4.74 Å². The molecule has 1 aromatic heterocycles. The Hall–Kier alpha value is -1.69. The lowest BCUT2D eigenvalue weighted by Gasteiger charge is -2.43. The molecule has 0 aliphatic carbocycles. The molecule has 26 heavy (non-hydrogen) atoms. The third-order valence-electron chi connectivity index (χ3n) is 6.16. The number of rotatable bonds is 4. The second-order valence-corrected chi connectivity index (χ2v) is 8.10. The Bertz CT molecular complexity index is 738. The number of aromatic amines is 1. The number of hydrogen-bond acceptors (Lipinski definition) is 4. The number of aromatic nitrogens is 2. The molecule has 0 radical (unpaired) electrons. The van der Waals surface area contributed by atoms with E-state index in [9.17, 15) is 5.11 Å². The molecule has 0 spiro atoms. The standard InChI is InChI=1S/C21H29N3O2/c1-15-5-7-16(8-6-15)20-17(12-22-23-20)13-24-10-3-4-19(24)18-14-26-11-9-21(18,2)25/h5-8,12,18-19,25H,3-4,9-11,13-14H2,1-2H3,(H,22,23)/t18-,19-,21-/m1/s1. The van der Waals surface area contributed by atoms with Gasteiger partial charge in [0.25, 0.3) is 0 Å². The minimum atomic E-state index is -0.637. The molecule has 2 aromatic rings. The minimum absolute atomic E-state index is 0.175. The van der Waals surface area contributed by atoms with Gasteiger partial charge in [-0.25, -0.2) is 0 Å². The van der Waals surface area contributed by atoms with Crippen LogP contribution in [0.3, 0.4) is 0 Å². The maximum atomic E-state index is 10.9. The van der Waals surface area contributed by atoms with E-state index in [2.05, 4.69) is 46.3 Å². The van der Waals surface area contributed by atoms with Crippen molar-refractivity contribution in [1.82, 2.24) is 15.1 Å². The molecule has 4 rings (SSSR count). The van der Waals surface area contributed by atoms with E-state index in [1.807, 2.05) is 13.1 Å². The number of aliphatic hydroxyl groups is 1. The van der Waals surface area contributed by atoms with Crippen molar-refractivity contribution >= 4 is 0 Å². The number of aryl methyl sites for hydroxylation is 1. The van der Waals surface area contributed by atoms with Crippen LogP contribution in [0.4, 0.5) is 0 Å². The van der Waals surface area contributed by atoms with Gasteiger partial charge in [0, 0.05) is 30.7 Å². The van der Waals surface area contributed by atoms with Gasteiger partial charge < -0.3 is 9.84 Å². The molecule has 3 atom stereocenters. The van der Waals surface area contributed by atoms with Crippen LogP contribution >= 0.6 is 0 Å². The highest BCUT2D eigenvalue weighted by Crippen LogP contribution is 2.37. The van der Waals surface area contributed by atoms with Gasteiger partial charge in [-0.1, -0.05) is 29.8 Å². The van der Waals surface area contributed by atoms with Crippen LogP contribution in [-0.2, 0) is 11.3 Å². The summed E-state index contributed by atoms with van der Waals surface area (Å²) >= 11 is 0. The van der Waals surface area contributed by atoms with Gasteiger partial charge in [-0.15, -0.1) is 0 Å². The van der Waals surface area contributed by atoms with Gasteiger partial charge in [0.05, 0.1) is 24.1 Å². The van der Waals surface area contributed by atoms with E-state index in [-0.39, 0.29) is 5.92 Å². The predicted octanol–water partition coefficient (Wildman–Crippen LogP) is 3.14. The SMILES string of the molecule is Cc1ccc(-c2[nH]ncc2CN2CCC[C@@H]2[C@H]2COCC[C@@]2(C)O)cc1. The molecule has 2 aliphatic heterocycles. The quantitative estimate of drug-likeness (QED) is 0.884. The molecule has 0 bridgehead atoms. The van der Waals surface area contributed by atoms with E-state index in [0.717, 1.165) is 31.6 Å². The van der Waals surface area contributed by atoms with Crippen molar-refractivity contribution in [2.45, 2.75) is 51.3 Å². The Morgan fingerprint density at radius 1 is 1.35 bits per heavy atom. The molecule has 0 saturated carbocycles. The molecular formula is C21H29N3O2. The summed E-state index contributed by atoms with van der Waals surface area (Å²) in [6.07, 6.45) is 4.97. The summed E-state index contributed by atoms with van der Waals surface area (Å²) in [6, 6.07) is 8.93. The van der Waals surface area contributed by atoms with E-state index < -0.39 is 5.60 Å². The van der Waals surface area contributed by atoms with Gasteiger partial charge >= 0.3 is 0 Å². The monoisotopic (exact) mass is 355 g/mol. The Labute approximate surface area is 155 Å². The molecule has 2 aliphatic rings. The maximum absolute atomic E-state index is 10.9. The molecule has 5 heteroatoms. The third-order valence-corrected chi connectivity index (χ3v) is 6.16. The minimum Gasteiger partial charge on any atom is -0.390 e. The summed E-state index contributed by atoms with van der Waals surface area (Å²) in [5.74, 6) is 0.175. The molecule has 2 saturated heterocycles. The van der Waals surface area contributed by atoms with Crippen LogP contribution in [0, 0.1) is 12.8 Å². The average Bonchev–Trinajstić information content (AvgIpc) is 3.25. The predicted molar refractivity (Wildman–Crippen MR) is 102 cm³/mol. The van der Waals surface area contributed by atoms with E-state index in [0.29, 0.717) is 19.3 Å². The molecule has 2 fully saturated rings. The number of H-pyrrole nitrogens is 1. The lowest BCUT2D eigenvalue weighted by Crippen LogP contribution is -2.52. The first-order valence-electron chi connectivity index (χ1n) is 9.68. The van der Waals surface area contributed by atoms with Crippen molar-refractivity contribution in [3.8, 4) is 11.3 Å². The lowest BCUT2D eigenvalue weighted by atomic mass is 9.79. The second kappa shape index (κ2) is 7.14. The van der Waals surface area contributed by atoms with Gasteiger partial charge in [-0.3, -0.25) is 10.00 Å². The number of nitrogens with zero attached hydrogens (tertiary/aromatic N) is 2. The summed E-state index contributed by atoms with van der Waals surface area (Å²) in [5, 5.41) is 18.4. The Morgan fingerprint density at radius 3 is 2.92 bits per heavy atom. The summed E-state index contributed by atoms with van der Waals surface area (Å²) in [6.45, 7) is 7.32. The average molecular weight is 355 g/mol. The van der Waals surface area contributed by atoms with Gasteiger partial charge in [0.2, 0.25) is 0 Å². The fraction of sp³-hybridized carbons (Fsp3) is 0.571. The lowest BCUT2D eigenvalue weighted by molar-refractivity contribution is -0.123. The number of benzene rings is 1. The first-order valence-corrected chi connectivity index (χ1v) is 9.68. The highest BCUT2D eigenvalue weighted by atomic mass is 16.5. The van der Waals surface area contributed by atoms with E-state index in [1.54, 1.807) is 0 Å². The van der Waals surface area contributed by atoms with Crippen molar-refractivity contribution < 1.29 is 9.84 Å². The Kier molecular flexibility index (Phi) is 4.86. The number of hydrogen-bond donors (Lipinski definition) is 2. The van der Waals surface area contributed by atoms with Crippen molar-refractivity contribution in [3.63, 3.8) is 0 Å². The normalized spacial score (nSPS) is 30.0. The summed E-state index contributed by atoms with van der Waals surface area (Å²) in [7, 11) is 0. The number of likely N-dealkylation sites (tertiary alicyclic amines) is 1. The molecule has 2 N–H and O–H groups in total. The third kappa shape index (κ3) is 3.43. The van der Waals surface area contributed by atoms with Crippen molar-refractivity contribution in [2.75, 3.05) is 19.8 Å². The fourth-order valence-corrected chi connectivity index (χ4v) is 4.50. The molecule has 140 valence electrons. The van der Waals surface area contributed by atoms with Crippen LogP contribution in [0.15, 0.2) is 30.5 Å². The highest BCUT2D eigenvalue weighted by molar-refractivity contribution is 5.62. The van der Waals surface area contributed by atoms with Crippen molar-refractivity contribution in [3.05, 3.63) is 41.6 Å². The summed E-state index contributed by atoms with van der Waals surface area (Å²) in [4.78, 5) is 2.51. The first kappa shape index (κ1) is 17.7. The van der Waals surface area contributed by atoms with Crippen molar-refractivity contribution in [2.24, 2.45) is 5.92 Å². The molecule has 1 aromatic carbocycles. The Balaban J connectivity index is 1.54. The van der Waals surface area contributed by atoms with Crippen LogP contribution in [0.2, 0.25) is 0 Å². The highest BCUT2D eigenvalue weighted by Gasteiger charge is 2.44. The Morgan fingerprint density at radius 2 is 2.15 bits per heavy atom. The van der Waals surface area contributed by atoms with Gasteiger partial charge in [0.1, 0.15) is 0 Å². The van der Waals surface area contributed by atoms with Crippen molar-refractivity contribution in [1.29, 1.82) is 0 Å². The summed E-state index contributed by atoms with van der Waals surface area (Å²) in [5.41, 5.74) is 4.11. The maximum Gasteiger partial charge on any atom is 0.0706 e. The van der Waals surface area contributed by atoms with Crippen LogP contribution in [0.5, 0.6) is 0 Å². The van der Waals surface area contributed by atoms with E-state index >= 15 is 0 Å². The van der Waals surface area contributed by atoms with Crippen LogP contribution < -0.4 is 0 Å². The molecule has 0 unspecified atom stereocenters. The molecule has 3 heterocycles. The fourth-order valence-electron chi connectivity index (χ4n) is 4.50. The van der Waals surface area contributed by atoms with E-state index in [1.165, 1.54) is 23.1 Å². The first-order chi connectivity index (χ1) is 12.5. The van der Waals surface area contributed by atoms with Crippen LogP contribution in [-0.4, -0.2) is 51.6 Å². The molecular weight excluding hydrogens is 326 g/mol.